The smallest absolute Gasteiger partial charge is 0.0599 e. The van der Waals surface area contributed by atoms with Crippen molar-refractivity contribution >= 4 is 21.6 Å². The van der Waals surface area contributed by atoms with Crippen LogP contribution in [0.4, 0.5) is 5.69 Å². The lowest BCUT2D eigenvalue weighted by Gasteiger charge is -2.36. The highest BCUT2D eigenvalue weighted by Gasteiger charge is 2.25. The van der Waals surface area contributed by atoms with Crippen LogP contribution in [0, 0.1) is 5.92 Å². The molecule has 0 aromatic carbocycles. The predicted octanol–water partition coefficient (Wildman–Crippen LogP) is 2.05. The van der Waals surface area contributed by atoms with Crippen molar-refractivity contribution in [1.29, 1.82) is 0 Å². The molecule has 0 radical (unpaired) electrons. The SMILES string of the molecule is CC1CN(c2ccncc2Br)CCC1O. The summed E-state index contributed by atoms with van der Waals surface area (Å²) in [4.78, 5) is 6.35. The van der Waals surface area contributed by atoms with Crippen molar-refractivity contribution in [3.8, 4) is 0 Å². The molecule has 1 N–H and O–H groups in total. The number of rotatable bonds is 1. The molecule has 2 unspecified atom stereocenters. The second kappa shape index (κ2) is 4.49. The van der Waals surface area contributed by atoms with Crippen molar-refractivity contribution < 1.29 is 5.11 Å². The molecule has 2 heterocycles. The summed E-state index contributed by atoms with van der Waals surface area (Å²) in [6.07, 6.45) is 4.30. The fourth-order valence-electron chi connectivity index (χ4n) is 1.98. The van der Waals surface area contributed by atoms with Gasteiger partial charge in [-0.15, -0.1) is 0 Å². The number of aliphatic hydroxyl groups is 1. The molecule has 1 fully saturated rings. The van der Waals surface area contributed by atoms with Crippen molar-refractivity contribution in [2.45, 2.75) is 19.4 Å². The number of aliphatic hydroxyl groups excluding tert-OH is 1. The summed E-state index contributed by atoms with van der Waals surface area (Å²) in [6.45, 7) is 3.91. The van der Waals surface area contributed by atoms with E-state index in [-0.39, 0.29) is 6.10 Å². The molecule has 0 amide bonds. The van der Waals surface area contributed by atoms with Gasteiger partial charge in [0, 0.05) is 25.5 Å². The summed E-state index contributed by atoms with van der Waals surface area (Å²) in [6, 6.07) is 2.01. The van der Waals surface area contributed by atoms with Crippen molar-refractivity contribution in [1.82, 2.24) is 4.98 Å². The number of hydrogen-bond acceptors (Lipinski definition) is 3. The molecule has 0 spiro atoms. The molecule has 1 aliphatic heterocycles. The van der Waals surface area contributed by atoms with Crippen molar-refractivity contribution in [3.63, 3.8) is 0 Å². The first-order valence-electron chi connectivity index (χ1n) is 5.21. The van der Waals surface area contributed by atoms with Crippen LogP contribution in [0.25, 0.3) is 0 Å². The first-order chi connectivity index (χ1) is 7.18. The third-order valence-electron chi connectivity index (χ3n) is 2.95. The van der Waals surface area contributed by atoms with Gasteiger partial charge in [0.1, 0.15) is 0 Å². The Morgan fingerprint density at radius 3 is 3.07 bits per heavy atom. The Bertz CT molecular complexity index is 345. The van der Waals surface area contributed by atoms with E-state index in [0.717, 1.165) is 24.0 Å². The largest absolute Gasteiger partial charge is 0.393 e. The van der Waals surface area contributed by atoms with Gasteiger partial charge in [0.05, 0.1) is 16.3 Å². The average Bonchev–Trinajstić information content (AvgIpc) is 2.23. The Hall–Kier alpha value is -0.610. The Kier molecular flexibility index (Phi) is 3.26. The van der Waals surface area contributed by atoms with E-state index in [2.05, 4.69) is 32.7 Å². The lowest BCUT2D eigenvalue weighted by Crippen LogP contribution is -2.42. The molecule has 15 heavy (non-hydrogen) atoms. The molecule has 0 bridgehead atoms. The molecule has 1 aromatic rings. The number of nitrogens with zero attached hydrogens (tertiary/aromatic N) is 2. The zero-order valence-corrected chi connectivity index (χ0v) is 10.3. The molecule has 0 saturated carbocycles. The van der Waals surface area contributed by atoms with Gasteiger partial charge in [-0.1, -0.05) is 6.92 Å². The molecule has 2 atom stereocenters. The number of halogens is 1. The highest BCUT2D eigenvalue weighted by molar-refractivity contribution is 9.10. The van der Waals surface area contributed by atoms with Crippen molar-refractivity contribution in [3.05, 3.63) is 22.9 Å². The Balaban J connectivity index is 2.15. The zero-order chi connectivity index (χ0) is 10.8. The van der Waals surface area contributed by atoms with E-state index in [1.807, 2.05) is 12.3 Å². The monoisotopic (exact) mass is 270 g/mol. The number of hydrogen-bond donors (Lipinski definition) is 1. The first kappa shape index (κ1) is 10.9. The van der Waals surface area contributed by atoms with Gasteiger partial charge in [0.25, 0.3) is 0 Å². The van der Waals surface area contributed by atoms with Gasteiger partial charge >= 0.3 is 0 Å². The summed E-state index contributed by atoms with van der Waals surface area (Å²) in [5, 5.41) is 9.66. The summed E-state index contributed by atoms with van der Waals surface area (Å²) < 4.78 is 1.02. The van der Waals surface area contributed by atoms with Gasteiger partial charge in [-0.2, -0.15) is 0 Å². The van der Waals surface area contributed by atoms with E-state index in [1.54, 1.807) is 6.20 Å². The maximum Gasteiger partial charge on any atom is 0.0599 e. The predicted molar refractivity (Wildman–Crippen MR) is 63.9 cm³/mol. The van der Waals surface area contributed by atoms with Gasteiger partial charge < -0.3 is 10.0 Å². The summed E-state index contributed by atoms with van der Waals surface area (Å²) >= 11 is 3.50. The molecule has 82 valence electrons. The van der Waals surface area contributed by atoms with Crippen molar-refractivity contribution in [2.24, 2.45) is 5.92 Å². The average molecular weight is 271 g/mol. The van der Waals surface area contributed by atoms with Gasteiger partial charge in [0.15, 0.2) is 0 Å². The van der Waals surface area contributed by atoms with Crippen LogP contribution in [0.3, 0.4) is 0 Å². The van der Waals surface area contributed by atoms with Gasteiger partial charge in [0.2, 0.25) is 0 Å². The summed E-state index contributed by atoms with van der Waals surface area (Å²) in [7, 11) is 0. The zero-order valence-electron chi connectivity index (χ0n) is 8.73. The second-order valence-corrected chi connectivity index (χ2v) is 4.96. The number of anilines is 1. The van der Waals surface area contributed by atoms with Crippen molar-refractivity contribution in [2.75, 3.05) is 18.0 Å². The van der Waals surface area contributed by atoms with Crippen LogP contribution in [-0.4, -0.2) is 29.3 Å². The number of pyridine rings is 1. The van der Waals surface area contributed by atoms with Crippen LogP contribution in [-0.2, 0) is 0 Å². The van der Waals surface area contributed by atoms with Crippen LogP contribution in [0.2, 0.25) is 0 Å². The van der Waals surface area contributed by atoms with Crippen LogP contribution in [0.15, 0.2) is 22.9 Å². The van der Waals surface area contributed by atoms with E-state index in [9.17, 15) is 5.11 Å². The van der Waals surface area contributed by atoms with E-state index < -0.39 is 0 Å². The van der Waals surface area contributed by atoms with Gasteiger partial charge in [-0.3, -0.25) is 4.98 Å². The summed E-state index contributed by atoms with van der Waals surface area (Å²) in [5.74, 6) is 0.332. The van der Waals surface area contributed by atoms with E-state index in [0.29, 0.717) is 5.92 Å². The molecule has 3 nitrogen and oxygen atoms in total. The van der Waals surface area contributed by atoms with Crippen LogP contribution >= 0.6 is 15.9 Å². The first-order valence-corrected chi connectivity index (χ1v) is 6.00. The van der Waals surface area contributed by atoms with Gasteiger partial charge in [-0.05, 0) is 34.3 Å². The molecular formula is C11H15BrN2O. The lowest BCUT2D eigenvalue weighted by molar-refractivity contribution is 0.0970. The minimum absolute atomic E-state index is 0.151. The van der Waals surface area contributed by atoms with Crippen LogP contribution in [0.1, 0.15) is 13.3 Å². The fraction of sp³-hybridized carbons (Fsp3) is 0.545. The second-order valence-electron chi connectivity index (χ2n) is 4.11. The van der Waals surface area contributed by atoms with E-state index in [1.165, 1.54) is 5.69 Å². The van der Waals surface area contributed by atoms with Crippen LogP contribution in [0.5, 0.6) is 0 Å². The Morgan fingerprint density at radius 2 is 2.40 bits per heavy atom. The molecule has 1 aromatic heterocycles. The molecule has 1 saturated heterocycles. The Labute approximate surface area is 98.3 Å². The third-order valence-corrected chi connectivity index (χ3v) is 3.56. The minimum atomic E-state index is -0.151. The quantitative estimate of drug-likeness (QED) is 0.849. The number of piperidine rings is 1. The van der Waals surface area contributed by atoms with Gasteiger partial charge in [-0.25, -0.2) is 0 Å². The topological polar surface area (TPSA) is 36.4 Å². The fourth-order valence-corrected chi connectivity index (χ4v) is 2.48. The molecule has 1 aliphatic rings. The molecule has 2 rings (SSSR count). The summed E-state index contributed by atoms with van der Waals surface area (Å²) in [5.41, 5.74) is 1.17. The van der Waals surface area contributed by atoms with E-state index in [4.69, 9.17) is 0 Å². The highest BCUT2D eigenvalue weighted by atomic mass is 79.9. The Morgan fingerprint density at radius 1 is 1.60 bits per heavy atom. The normalized spacial score (nSPS) is 26.7. The molecular weight excluding hydrogens is 256 g/mol. The number of aromatic nitrogens is 1. The third kappa shape index (κ3) is 2.32. The minimum Gasteiger partial charge on any atom is -0.393 e. The maximum atomic E-state index is 9.66. The van der Waals surface area contributed by atoms with E-state index >= 15 is 0 Å². The standard InChI is InChI=1S/C11H15BrN2O/c1-8-7-14(5-3-11(8)15)10-2-4-13-6-9(10)12/h2,4,6,8,11,15H,3,5,7H2,1H3. The highest BCUT2D eigenvalue weighted by Crippen LogP contribution is 2.28. The lowest BCUT2D eigenvalue weighted by atomic mass is 9.96. The maximum absolute atomic E-state index is 9.66. The molecule has 0 aliphatic carbocycles. The van der Waals surface area contributed by atoms with Crippen LogP contribution < -0.4 is 4.90 Å². The molecule has 4 heteroatoms.